The van der Waals surface area contributed by atoms with Gasteiger partial charge in [-0.05, 0) is 81.2 Å². The standard InChI is InChI=1S/C49H54F3N4O6PS/c1-31(2)53-47-55-42(30-64-47)41-25-45(38-21-20-36(61-3)23-40(38)54-41)62-37-24-43-44(57)27-48(63(59,60)29-32-14-8-7-9-15-32)26-35(48)18-11-6-4-5-10-17-34(46(58)56(43)28-37)22-33-16-12-13-19-39(33)49(50,51)52/h7-9,11-16,18-21,23,25,30-31,34-35,37,43H,4-6,10,17,22,24,26-29H2,1-3H3,(H,53,55)(H,59,60)/b18-11-/t34-,35+,37-,43+,48-/m1/s1. The number of benzene rings is 3. The highest BCUT2D eigenvalue weighted by molar-refractivity contribution is 7.59. The predicted octanol–water partition coefficient (Wildman–Crippen LogP) is 11.1. The van der Waals surface area contributed by atoms with Gasteiger partial charge in [-0.2, -0.15) is 13.2 Å². The van der Waals surface area contributed by atoms with Crippen LogP contribution >= 0.6 is 18.7 Å². The highest BCUT2D eigenvalue weighted by Crippen LogP contribution is 2.74. The van der Waals surface area contributed by atoms with Crippen LogP contribution in [0.4, 0.5) is 18.3 Å². The Labute approximate surface area is 375 Å². The second kappa shape index (κ2) is 18.8. The van der Waals surface area contributed by atoms with Crippen LogP contribution in [0.2, 0.25) is 0 Å². The number of allylic oxidation sites excluding steroid dienone is 2. The van der Waals surface area contributed by atoms with E-state index in [1.807, 2.05) is 55.6 Å². The molecule has 1 saturated heterocycles. The molecular weight excluding hydrogens is 861 g/mol. The van der Waals surface area contributed by atoms with Crippen molar-refractivity contribution in [1.29, 1.82) is 0 Å². The fraction of sp³-hybridized carbons (Fsp3) is 0.429. The van der Waals surface area contributed by atoms with Crippen LogP contribution in [-0.2, 0) is 32.9 Å². The topological polar surface area (TPSA) is 131 Å². The minimum atomic E-state index is -4.62. The first kappa shape index (κ1) is 45.5. The van der Waals surface area contributed by atoms with E-state index in [2.05, 4.69) is 5.32 Å². The number of ketones is 1. The van der Waals surface area contributed by atoms with Crippen molar-refractivity contribution < 1.29 is 41.7 Å². The third-order valence-corrected chi connectivity index (χ3v) is 16.4. The van der Waals surface area contributed by atoms with Crippen LogP contribution in [0.5, 0.6) is 11.5 Å². The maximum atomic E-state index is 15.1. The minimum absolute atomic E-state index is 0.0156. The lowest BCUT2D eigenvalue weighted by Crippen LogP contribution is -2.45. The summed E-state index contributed by atoms with van der Waals surface area (Å²) in [6.45, 7) is 4.03. The van der Waals surface area contributed by atoms with Gasteiger partial charge < -0.3 is 24.6 Å². The lowest BCUT2D eigenvalue weighted by atomic mass is 9.89. The van der Waals surface area contributed by atoms with Crippen LogP contribution < -0.4 is 14.8 Å². The number of carbonyl (C=O) groups excluding carboxylic acids is 2. The molecule has 3 aromatic carbocycles. The van der Waals surface area contributed by atoms with E-state index in [1.165, 1.54) is 28.4 Å². The number of alkyl halides is 3. The van der Waals surface area contributed by atoms with Crippen molar-refractivity contribution in [2.24, 2.45) is 11.8 Å². The number of fused-ring (bicyclic) bond motifs is 3. The zero-order valence-electron chi connectivity index (χ0n) is 36.2. The summed E-state index contributed by atoms with van der Waals surface area (Å²) in [5.41, 5.74) is 1.66. The summed E-state index contributed by atoms with van der Waals surface area (Å²) in [5.74, 6) is -0.915. The molecule has 3 aliphatic rings. The van der Waals surface area contributed by atoms with Gasteiger partial charge in [0.15, 0.2) is 10.9 Å². The summed E-state index contributed by atoms with van der Waals surface area (Å²) in [5, 5.41) is 5.40. The Hall–Kier alpha value is -5.04. The Kier molecular flexibility index (Phi) is 13.4. The van der Waals surface area contributed by atoms with Gasteiger partial charge in [0.2, 0.25) is 13.3 Å². The number of pyridine rings is 1. The molecule has 0 radical (unpaired) electrons. The van der Waals surface area contributed by atoms with Gasteiger partial charge in [0.05, 0.1) is 47.8 Å². The number of Topliss-reactive ketones (excluding diaryl/α,β-unsaturated/α-hetero) is 1. The number of amides is 1. The van der Waals surface area contributed by atoms with Crippen LogP contribution in [0.15, 0.2) is 96.4 Å². The fourth-order valence-corrected chi connectivity index (χ4v) is 12.8. The van der Waals surface area contributed by atoms with Gasteiger partial charge in [0, 0.05) is 47.7 Å². The lowest BCUT2D eigenvalue weighted by molar-refractivity contribution is -0.142. The van der Waals surface area contributed by atoms with Crippen molar-refractivity contribution in [3.05, 3.63) is 113 Å². The van der Waals surface area contributed by atoms with Gasteiger partial charge in [-0.1, -0.05) is 73.5 Å². The minimum Gasteiger partial charge on any atom is -0.497 e. The molecule has 2 aliphatic heterocycles. The average molecular weight is 915 g/mol. The molecule has 2 fully saturated rings. The Morgan fingerprint density at radius 3 is 2.55 bits per heavy atom. The van der Waals surface area contributed by atoms with Crippen LogP contribution in [0.1, 0.15) is 81.9 Å². The van der Waals surface area contributed by atoms with Crippen molar-refractivity contribution in [1.82, 2.24) is 14.9 Å². The Morgan fingerprint density at radius 2 is 1.78 bits per heavy atom. The van der Waals surface area contributed by atoms with Crippen molar-refractivity contribution in [3.63, 3.8) is 0 Å². The number of nitrogens with zero attached hydrogens (tertiary/aromatic N) is 3. The maximum Gasteiger partial charge on any atom is 0.416 e. The van der Waals surface area contributed by atoms with E-state index in [9.17, 15) is 27.4 Å². The highest BCUT2D eigenvalue weighted by Gasteiger charge is 2.65. The molecule has 0 bridgehead atoms. The third-order valence-electron chi connectivity index (χ3n) is 12.8. The predicted molar refractivity (Wildman–Crippen MR) is 244 cm³/mol. The van der Waals surface area contributed by atoms with Crippen molar-refractivity contribution in [3.8, 4) is 22.9 Å². The smallest absolute Gasteiger partial charge is 0.416 e. The molecule has 2 aromatic heterocycles. The second-order valence-electron chi connectivity index (χ2n) is 17.7. The fourth-order valence-electron chi connectivity index (χ4n) is 9.43. The molecule has 6 atom stereocenters. The summed E-state index contributed by atoms with van der Waals surface area (Å²) >= 11 is 1.45. The third kappa shape index (κ3) is 9.94. The molecule has 2 N–H and O–H groups in total. The van der Waals surface area contributed by atoms with Crippen molar-refractivity contribution in [2.45, 2.75) is 107 Å². The zero-order valence-corrected chi connectivity index (χ0v) is 37.9. The molecular formula is C49H54F3N4O6PS. The first-order valence-electron chi connectivity index (χ1n) is 22.0. The Bertz CT molecular complexity index is 2570. The monoisotopic (exact) mass is 914 g/mol. The van der Waals surface area contributed by atoms with Gasteiger partial charge in [-0.25, -0.2) is 9.97 Å². The SMILES string of the molecule is COc1ccc2c(O[C@@H]3C[C@H]4C(=O)C[C@]5(P(=O)(O)Cc6ccccc6)C[C@@H]5/C=C\CCCCC[C@H](Cc5ccccc5C(F)(F)F)C(=O)N4C3)cc(-c3csc(NC(C)C)n3)nc2c1. The van der Waals surface area contributed by atoms with E-state index in [1.54, 1.807) is 43.5 Å². The summed E-state index contributed by atoms with van der Waals surface area (Å²) in [7, 11) is -2.45. The van der Waals surface area contributed by atoms with E-state index in [4.69, 9.17) is 19.4 Å². The maximum absolute atomic E-state index is 15.1. The number of nitrogens with one attached hydrogen (secondary N) is 1. The van der Waals surface area contributed by atoms with Gasteiger partial charge in [0.25, 0.3) is 0 Å². The van der Waals surface area contributed by atoms with E-state index >= 15 is 4.79 Å². The molecule has 4 heterocycles. The number of ether oxygens (including phenoxy) is 2. The number of rotatable bonds is 11. The zero-order chi connectivity index (χ0) is 45.2. The number of thiazole rings is 1. The second-order valence-corrected chi connectivity index (χ2v) is 21.2. The van der Waals surface area contributed by atoms with Gasteiger partial charge in [-0.15, -0.1) is 11.3 Å². The molecule has 10 nitrogen and oxygen atoms in total. The molecule has 1 aliphatic carbocycles. The van der Waals surface area contributed by atoms with Gasteiger partial charge >= 0.3 is 6.18 Å². The van der Waals surface area contributed by atoms with E-state index < -0.39 is 48.2 Å². The first-order valence-corrected chi connectivity index (χ1v) is 24.8. The average Bonchev–Trinajstić information content (AvgIpc) is 3.53. The number of aromatic nitrogens is 2. The molecule has 338 valence electrons. The number of anilines is 1. The summed E-state index contributed by atoms with van der Waals surface area (Å²) < 4.78 is 70.0. The Morgan fingerprint density at radius 1 is 1.00 bits per heavy atom. The first-order chi connectivity index (χ1) is 30.6. The molecule has 0 spiro atoms. The number of halogens is 3. The molecule has 15 heteroatoms. The van der Waals surface area contributed by atoms with Gasteiger partial charge in [0.1, 0.15) is 23.3 Å². The quantitative estimate of drug-likeness (QED) is 0.0982. The number of hydrogen-bond donors (Lipinski definition) is 2. The molecule has 8 rings (SSSR count). The molecule has 1 saturated carbocycles. The van der Waals surface area contributed by atoms with E-state index in [0.29, 0.717) is 65.0 Å². The molecule has 1 unspecified atom stereocenters. The summed E-state index contributed by atoms with van der Waals surface area (Å²) in [6.07, 6.45) is 1.75. The van der Waals surface area contributed by atoms with Gasteiger partial charge in [-0.3, -0.25) is 14.2 Å². The molecule has 5 aromatic rings. The van der Waals surface area contributed by atoms with Crippen LogP contribution in [0.25, 0.3) is 22.3 Å². The summed E-state index contributed by atoms with van der Waals surface area (Å²) in [4.78, 5) is 53.2. The van der Waals surface area contributed by atoms with E-state index in [0.717, 1.165) is 24.0 Å². The number of hydrogen-bond acceptors (Lipinski definition) is 9. The Balaban J connectivity index is 1.17. The number of carbonyl (C=O) groups is 2. The van der Waals surface area contributed by atoms with Crippen LogP contribution in [-0.4, -0.2) is 68.4 Å². The van der Waals surface area contributed by atoms with Crippen LogP contribution in [0, 0.1) is 11.8 Å². The summed E-state index contributed by atoms with van der Waals surface area (Å²) in [6, 6.07) is 20.8. The van der Waals surface area contributed by atoms with Crippen molar-refractivity contribution >= 4 is 46.4 Å². The largest absolute Gasteiger partial charge is 0.497 e. The molecule has 1 amide bonds. The number of methoxy groups -OCH3 is 1. The normalized spacial score (nSPS) is 24.6. The highest BCUT2D eigenvalue weighted by atomic mass is 32.1. The molecule has 64 heavy (non-hydrogen) atoms. The van der Waals surface area contributed by atoms with Crippen molar-refractivity contribution in [2.75, 3.05) is 19.0 Å². The van der Waals surface area contributed by atoms with E-state index in [-0.39, 0.29) is 55.3 Å². The lowest BCUT2D eigenvalue weighted by Gasteiger charge is -2.30. The van der Waals surface area contributed by atoms with Crippen LogP contribution in [0.3, 0.4) is 0 Å².